The summed E-state index contributed by atoms with van der Waals surface area (Å²) in [6, 6.07) is 12.6. The number of rotatable bonds is 7. The lowest BCUT2D eigenvalue weighted by Crippen LogP contribution is -2.33. The van der Waals surface area contributed by atoms with E-state index >= 15 is 0 Å². The number of thioether (sulfide) groups is 1. The van der Waals surface area contributed by atoms with Crippen molar-refractivity contribution in [1.29, 1.82) is 0 Å². The van der Waals surface area contributed by atoms with Gasteiger partial charge in [0.1, 0.15) is 16.2 Å². The highest BCUT2D eigenvalue weighted by atomic mass is 32.2. The maximum atomic E-state index is 12.1. The van der Waals surface area contributed by atoms with Crippen molar-refractivity contribution in [2.24, 2.45) is 0 Å². The van der Waals surface area contributed by atoms with Gasteiger partial charge in [-0.25, -0.2) is 9.97 Å². The zero-order valence-electron chi connectivity index (χ0n) is 14.4. The number of hydrogen-bond donors (Lipinski definition) is 1. The number of benzene rings is 1. The van der Waals surface area contributed by atoms with E-state index in [9.17, 15) is 4.79 Å². The van der Waals surface area contributed by atoms with E-state index in [1.807, 2.05) is 25.1 Å². The van der Waals surface area contributed by atoms with Crippen LogP contribution in [0.4, 0.5) is 0 Å². The molecule has 1 aromatic carbocycles. The van der Waals surface area contributed by atoms with Crippen LogP contribution in [0.1, 0.15) is 26.7 Å². The molecule has 4 nitrogen and oxygen atoms in total. The van der Waals surface area contributed by atoms with Crippen LogP contribution in [0.25, 0.3) is 20.7 Å². The van der Waals surface area contributed by atoms with E-state index in [1.165, 1.54) is 22.2 Å². The summed E-state index contributed by atoms with van der Waals surface area (Å²) in [5.41, 5.74) is 1.17. The first kappa shape index (κ1) is 17.9. The number of fused-ring (bicyclic) bond motifs is 1. The van der Waals surface area contributed by atoms with Crippen LogP contribution in [0, 0.1) is 0 Å². The van der Waals surface area contributed by atoms with Crippen molar-refractivity contribution in [3.63, 3.8) is 0 Å². The van der Waals surface area contributed by atoms with Gasteiger partial charge in [-0.2, -0.15) is 0 Å². The Labute approximate surface area is 156 Å². The molecule has 1 N–H and O–H groups in total. The molecule has 0 bridgehead atoms. The Morgan fingerprint density at radius 3 is 2.84 bits per heavy atom. The molecule has 0 radical (unpaired) electrons. The maximum Gasteiger partial charge on any atom is 0.230 e. The fraction of sp³-hybridized carbons (Fsp3) is 0.316. The summed E-state index contributed by atoms with van der Waals surface area (Å²) in [6.07, 6.45) is 3.64. The second-order valence-electron chi connectivity index (χ2n) is 5.92. The molecular weight excluding hydrogens is 350 g/mol. The number of nitrogens with zero attached hydrogens (tertiary/aromatic N) is 2. The average molecular weight is 372 g/mol. The number of nitrogens with one attached hydrogen (secondary N) is 1. The Kier molecular flexibility index (Phi) is 6.04. The maximum absolute atomic E-state index is 12.1. The molecule has 2 heterocycles. The van der Waals surface area contributed by atoms with Gasteiger partial charge in [-0.1, -0.05) is 55.4 Å². The molecule has 1 atom stereocenters. The van der Waals surface area contributed by atoms with Gasteiger partial charge in [0, 0.05) is 16.3 Å². The third-order valence-corrected chi connectivity index (χ3v) is 5.92. The molecule has 2 aromatic heterocycles. The van der Waals surface area contributed by atoms with Crippen LogP contribution in [-0.4, -0.2) is 27.7 Å². The van der Waals surface area contributed by atoms with Gasteiger partial charge < -0.3 is 5.32 Å². The lowest BCUT2D eigenvalue weighted by atomic mass is 10.2. The van der Waals surface area contributed by atoms with E-state index in [-0.39, 0.29) is 11.9 Å². The standard InChI is InChI=1S/C19H21N3OS2/c1-3-7-13(2)22-17(23)11-24-18-15-10-16(14-8-5-4-6-9-14)25-19(15)21-12-20-18/h4-6,8-10,12-13H,3,7,11H2,1-2H3,(H,22,23)/t13-/m1/s1. The molecule has 3 aromatic rings. The van der Waals surface area contributed by atoms with Gasteiger partial charge in [-0.15, -0.1) is 11.3 Å². The van der Waals surface area contributed by atoms with Crippen molar-refractivity contribution in [3.8, 4) is 10.4 Å². The molecule has 0 spiro atoms. The molecule has 0 saturated heterocycles. The fourth-order valence-corrected chi connectivity index (χ4v) is 4.50. The second kappa shape index (κ2) is 8.45. The van der Waals surface area contributed by atoms with Gasteiger partial charge in [0.15, 0.2) is 0 Å². The molecule has 0 unspecified atom stereocenters. The second-order valence-corrected chi connectivity index (χ2v) is 7.91. The summed E-state index contributed by atoms with van der Waals surface area (Å²) < 4.78 is 0. The zero-order chi connectivity index (χ0) is 17.6. The van der Waals surface area contributed by atoms with Gasteiger partial charge >= 0.3 is 0 Å². The highest BCUT2D eigenvalue weighted by Gasteiger charge is 2.13. The number of carbonyl (C=O) groups is 1. The molecule has 3 rings (SSSR count). The predicted octanol–water partition coefficient (Wildman–Crippen LogP) is 4.76. The highest BCUT2D eigenvalue weighted by molar-refractivity contribution is 8.00. The lowest BCUT2D eigenvalue weighted by Gasteiger charge is -2.12. The van der Waals surface area contributed by atoms with E-state index in [0.29, 0.717) is 5.75 Å². The highest BCUT2D eigenvalue weighted by Crippen LogP contribution is 2.35. The molecule has 6 heteroatoms. The first-order valence-corrected chi connectivity index (χ1v) is 10.2. The van der Waals surface area contributed by atoms with Crippen molar-refractivity contribution < 1.29 is 4.79 Å². The minimum atomic E-state index is 0.0521. The van der Waals surface area contributed by atoms with Gasteiger partial charge in [-0.3, -0.25) is 4.79 Å². The topological polar surface area (TPSA) is 54.9 Å². The van der Waals surface area contributed by atoms with Crippen LogP contribution in [-0.2, 0) is 4.79 Å². The Morgan fingerprint density at radius 1 is 1.28 bits per heavy atom. The van der Waals surface area contributed by atoms with Gasteiger partial charge in [0.25, 0.3) is 0 Å². The number of hydrogen-bond acceptors (Lipinski definition) is 5. The van der Waals surface area contributed by atoms with Crippen molar-refractivity contribution in [2.45, 2.75) is 37.8 Å². The van der Waals surface area contributed by atoms with E-state index in [1.54, 1.807) is 17.7 Å². The molecule has 0 aliphatic heterocycles. The molecule has 0 aliphatic carbocycles. The van der Waals surface area contributed by atoms with Crippen molar-refractivity contribution >= 4 is 39.2 Å². The quantitative estimate of drug-likeness (QED) is 0.481. The monoisotopic (exact) mass is 371 g/mol. The molecule has 0 saturated carbocycles. The number of aromatic nitrogens is 2. The van der Waals surface area contributed by atoms with E-state index in [4.69, 9.17) is 0 Å². The number of amides is 1. The average Bonchev–Trinajstić information content (AvgIpc) is 3.05. The third-order valence-electron chi connectivity index (χ3n) is 3.82. The fourth-order valence-electron chi connectivity index (χ4n) is 2.65. The largest absolute Gasteiger partial charge is 0.353 e. The summed E-state index contributed by atoms with van der Waals surface area (Å²) in [4.78, 5) is 23.0. The van der Waals surface area contributed by atoms with Crippen molar-refractivity contribution in [3.05, 3.63) is 42.7 Å². The van der Waals surface area contributed by atoms with Crippen molar-refractivity contribution in [2.75, 3.05) is 5.75 Å². The van der Waals surface area contributed by atoms with Crippen LogP contribution in [0.15, 0.2) is 47.8 Å². The predicted molar refractivity (Wildman–Crippen MR) is 106 cm³/mol. The summed E-state index contributed by atoms with van der Waals surface area (Å²) in [5.74, 6) is 0.424. The zero-order valence-corrected chi connectivity index (χ0v) is 16.0. The summed E-state index contributed by atoms with van der Waals surface area (Å²) in [6.45, 7) is 4.16. The van der Waals surface area contributed by atoms with Gasteiger partial charge in [0.2, 0.25) is 5.91 Å². The lowest BCUT2D eigenvalue weighted by molar-refractivity contribution is -0.119. The van der Waals surface area contributed by atoms with Crippen LogP contribution >= 0.6 is 23.1 Å². The van der Waals surface area contributed by atoms with Crippen LogP contribution in [0.5, 0.6) is 0 Å². The summed E-state index contributed by atoms with van der Waals surface area (Å²) in [7, 11) is 0. The Bertz CT molecular complexity index is 848. The first-order chi connectivity index (χ1) is 12.2. The summed E-state index contributed by atoms with van der Waals surface area (Å²) in [5, 5.41) is 4.91. The smallest absolute Gasteiger partial charge is 0.230 e. The van der Waals surface area contributed by atoms with Crippen molar-refractivity contribution in [1.82, 2.24) is 15.3 Å². The van der Waals surface area contributed by atoms with E-state index < -0.39 is 0 Å². The molecule has 0 fully saturated rings. The van der Waals surface area contributed by atoms with E-state index in [2.05, 4.69) is 40.4 Å². The SMILES string of the molecule is CCC[C@@H](C)NC(=O)CSc1ncnc2sc(-c3ccccc3)cc12. The minimum absolute atomic E-state index is 0.0521. The molecule has 25 heavy (non-hydrogen) atoms. The molecule has 1 amide bonds. The third kappa shape index (κ3) is 4.58. The molecule has 130 valence electrons. The van der Waals surface area contributed by atoms with E-state index in [0.717, 1.165) is 28.1 Å². The minimum Gasteiger partial charge on any atom is -0.353 e. The molecular formula is C19H21N3OS2. The Morgan fingerprint density at radius 2 is 2.08 bits per heavy atom. The van der Waals surface area contributed by atoms with Crippen LogP contribution < -0.4 is 5.32 Å². The Hall–Kier alpha value is -1.92. The van der Waals surface area contributed by atoms with Crippen LogP contribution in [0.2, 0.25) is 0 Å². The van der Waals surface area contributed by atoms with Crippen LogP contribution in [0.3, 0.4) is 0 Å². The normalized spacial score (nSPS) is 12.2. The summed E-state index contributed by atoms with van der Waals surface area (Å²) >= 11 is 3.12. The molecule has 0 aliphatic rings. The first-order valence-electron chi connectivity index (χ1n) is 8.39. The van der Waals surface area contributed by atoms with Gasteiger partial charge in [-0.05, 0) is 25.0 Å². The number of carbonyl (C=O) groups excluding carboxylic acids is 1. The number of thiophene rings is 1. The Balaban J connectivity index is 1.74. The van der Waals surface area contributed by atoms with Gasteiger partial charge in [0.05, 0.1) is 5.75 Å².